The number of hydrogen-bond donors (Lipinski definition) is 4. The van der Waals surface area contributed by atoms with Crippen LogP contribution in [0.1, 0.15) is 25.3 Å². The van der Waals surface area contributed by atoms with Gasteiger partial charge in [-0.1, -0.05) is 31.2 Å². The minimum Gasteiger partial charge on any atom is -0.486 e. The first kappa shape index (κ1) is 21.3. The van der Waals surface area contributed by atoms with Gasteiger partial charge in [0.2, 0.25) is 0 Å². The molecule has 1 aromatic rings. The summed E-state index contributed by atoms with van der Waals surface area (Å²) >= 11 is 0. The Morgan fingerprint density at radius 3 is 2.47 bits per heavy atom. The van der Waals surface area contributed by atoms with E-state index < -0.39 is 37.1 Å². The number of aliphatic hydroxyl groups excluding tert-OH is 4. The van der Waals surface area contributed by atoms with Gasteiger partial charge in [0.1, 0.15) is 43.7 Å². The third kappa shape index (κ3) is 4.00. The highest BCUT2D eigenvalue weighted by atomic mass is 16.6. The molecule has 164 valence electrons. The van der Waals surface area contributed by atoms with Crippen LogP contribution < -0.4 is 9.47 Å². The molecular weight excluding hydrogens is 388 g/mol. The van der Waals surface area contributed by atoms with Gasteiger partial charge in [-0.2, -0.15) is 0 Å². The molecule has 0 spiro atoms. The van der Waals surface area contributed by atoms with Crippen molar-refractivity contribution >= 4 is 0 Å². The fourth-order valence-electron chi connectivity index (χ4n) is 4.44. The monoisotopic (exact) mass is 418 g/mol. The SMILES string of the molecule is CCC1(Cc2ccc3c(c2)OCCO3)C=CC([C@@H]2O[C@H](CO)[C@@H](O)[C@H](O)[C@H]2O)=CC1. The van der Waals surface area contributed by atoms with Gasteiger partial charge in [-0.25, -0.2) is 0 Å². The maximum atomic E-state index is 10.4. The number of ether oxygens (including phenoxy) is 3. The molecule has 0 aromatic heterocycles. The third-order valence-electron chi connectivity index (χ3n) is 6.46. The molecule has 0 saturated carbocycles. The molecule has 2 aliphatic heterocycles. The van der Waals surface area contributed by atoms with E-state index in [1.54, 1.807) is 0 Å². The summed E-state index contributed by atoms with van der Waals surface area (Å²) < 4.78 is 17.0. The number of hydrogen-bond acceptors (Lipinski definition) is 7. The molecular formula is C23H30O7. The Balaban J connectivity index is 1.49. The highest BCUT2D eigenvalue weighted by molar-refractivity contribution is 5.44. The predicted molar refractivity (Wildman–Crippen MR) is 109 cm³/mol. The average Bonchev–Trinajstić information content (AvgIpc) is 2.78. The molecule has 1 saturated heterocycles. The molecule has 7 nitrogen and oxygen atoms in total. The van der Waals surface area contributed by atoms with Crippen molar-refractivity contribution in [3.8, 4) is 11.5 Å². The lowest BCUT2D eigenvalue weighted by atomic mass is 9.72. The van der Waals surface area contributed by atoms with E-state index in [1.807, 2.05) is 24.3 Å². The molecule has 0 amide bonds. The first-order valence-electron chi connectivity index (χ1n) is 10.5. The van der Waals surface area contributed by atoms with Crippen LogP contribution in [0.15, 0.2) is 42.0 Å². The summed E-state index contributed by atoms with van der Waals surface area (Å²) in [6, 6.07) is 6.06. The van der Waals surface area contributed by atoms with Crippen LogP contribution in [-0.4, -0.2) is 70.8 Å². The second kappa shape index (κ2) is 8.69. The van der Waals surface area contributed by atoms with E-state index in [0.717, 1.165) is 41.9 Å². The second-order valence-electron chi connectivity index (χ2n) is 8.36. The van der Waals surface area contributed by atoms with Crippen molar-refractivity contribution in [1.82, 2.24) is 0 Å². The average molecular weight is 418 g/mol. The maximum Gasteiger partial charge on any atom is 0.161 e. The molecule has 30 heavy (non-hydrogen) atoms. The van der Waals surface area contributed by atoms with Crippen molar-refractivity contribution in [3.63, 3.8) is 0 Å². The second-order valence-corrected chi connectivity index (χ2v) is 8.36. The molecule has 0 radical (unpaired) electrons. The van der Waals surface area contributed by atoms with Crippen LogP contribution in [0.5, 0.6) is 11.5 Å². The van der Waals surface area contributed by atoms with Crippen molar-refractivity contribution in [2.24, 2.45) is 5.41 Å². The van der Waals surface area contributed by atoms with E-state index in [-0.39, 0.29) is 5.41 Å². The summed E-state index contributed by atoms with van der Waals surface area (Å²) in [6.07, 6.45) is 2.92. The molecule has 2 heterocycles. The lowest BCUT2D eigenvalue weighted by Crippen LogP contribution is -2.58. The fraction of sp³-hybridized carbons (Fsp3) is 0.565. The summed E-state index contributed by atoms with van der Waals surface area (Å²) in [4.78, 5) is 0. The van der Waals surface area contributed by atoms with Gasteiger partial charge in [0, 0.05) is 0 Å². The molecule has 1 unspecified atom stereocenters. The van der Waals surface area contributed by atoms with E-state index in [2.05, 4.69) is 19.1 Å². The van der Waals surface area contributed by atoms with Gasteiger partial charge >= 0.3 is 0 Å². The van der Waals surface area contributed by atoms with Crippen LogP contribution in [0.3, 0.4) is 0 Å². The Morgan fingerprint density at radius 2 is 1.80 bits per heavy atom. The number of aliphatic hydroxyl groups is 4. The maximum absolute atomic E-state index is 10.4. The fourth-order valence-corrected chi connectivity index (χ4v) is 4.44. The Bertz CT molecular complexity index is 818. The standard InChI is InChI=1S/C23H30O7/c1-2-23(12-14-3-4-16-17(11-14)29-10-9-28-16)7-5-15(6-8-23)22-21(27)20(26)19(25)18(13-24)30-22/h3-7,11,18-22,24-27H,2,8-10,12-13H2,1H3/t18-,19-,20+,21-,22+,23?/m1/s1. The predicted octanol–water partition coefficient (Wildman–Crippen LogP) is 1.13. The van der Waals surface area contributed by atoms with Gasteiger partial charge in [0.25, 0.3) is 0 Å². The molecule has 1 aliphatic carbocycles. The van der Waals surface area contributed by atoms with E-state index in [0.29, 0.717) is 13.2 Å². The smallest absolute Gasteiger partial charge is 0.161 e. The van der Waals surface area contributed by atoms with Crippen molar-refractivity contribution in [3.05, 3.63) is 47.6 Å². The number of benzene rings is 1. The molecule has 4 N–H and O–H groups in total. The van der Waals surface area contributed by atoms with Gasteiger partial charge in [-0.15, -0.1) is 0 Å². The van der Waals surface area contributed by atoms with Gasteiger partial charge in [0.05, 0.1) is 6.61 Å². The van der Waals surface area contributed by atoms with Crippen LogP contribution in [0.2, 0.25) is 0 Å². The Kier molecular flexibility index (Phi) is 6.18. The molecule has 1 aromatic carbocycles. The van der Waals surface area contributed by atoms with Gasteiger partial charge in [-0.05, 0) is 47.9 Å². The summed E-state index contributed by atoms with van der Waals surface area (Å²) in [5, 5.41) is 39.9. The minimum atomic E-state index is -1.37. The highest BCUT2D eigenvalue weighted by Crippen LogP contribution is 2.41. The third-order valence-corrected chi connectivity index (χ3v) is 6.46. The van der Waals surface area contributed by atoms with E-state index in [1.165, 1.54) is 0 Å². The van der Waals surface area contributed by atoms with Crippen LogP contribution in [-0.2, 0) is 11.2 Å². The Hall–Kier alpha value is -1.90. The summed E-state index contributed by atoms with van der Waals surface area (Å²) in [6.45, 7) is 2.84. The number of rotatable bonds is 5. The number of allylic oxidation sites excluding steroid dienone is 2. The first-order valence-corrected chi connectivity index (χ1v) is 10.5. The highest BCUT2D eigenvalue weighted by Gasteiger charge is 2.44. The van der Waals surface area contributed by atoms with Crippen LogP contribution in [0.25, 0.3) is 0 Å². The zero-order chi connectivity index (χ0) is 21.3. The lowest BCUT2D eigenvalue weighted by molar-refractivity contribution is -0.218. The Morgan fingerprint density at radius 1 is 1.03 bits per heavy atom. The molecule has 6 atom stereocenters. The number of fused-ring (bicyclic) bond motifs is 1. The normalized spacial score (nSPS) is 35.8. The summed E-state index contributed by atoms with van der Waals surface area (Å²) in [7, 11) is 0. The molecule has 0 bridgehead atoms. The van der Waals surface area contributed by atoms with E-state index in [9.17, 15) is 20.4 Å². The molecule has 1 fully saturated rings. The quantitative estimate of drug-likeness (QED) is 0.568. The zero-order valence-electron chi connectivity index (χ0n) is 17.1. The van der Waals surface area contributed by atoms with E-state index >= 15 is 0 Å². The van der Waals surface area contributed by atoms with E-state index in [4.69, 9.17) is 14.2 Å². The van der Waals surface area contributed by atoms with Crippen molar-refractivity contribution < 1.29 is 34.6 Å². The van der Waals surface area contributed by atoms with Gasteiger partial charge in [-0.3, -0.25) is 0 Å². The zero-order valence-corrected chi connectivity index (χ0v) is 17.1. The largest absolute Gasteiger partial charge is 0.486 e. The van der Waals surface area contributed by atoms with Crippen molar-refractivity contribution in [2.45, 2.75) is 56.7 Å². The summed E-state index contributed by atoms with van der Waals surface area (Å²) in [5.74, 6) is 1.56. The molecule has 7 heteroatoms. The minimum absolute atomic E-state index is 0.0820. The van der Waals surface area contributed by atoms with Gasteiger partial charge < -0.3 is 34.6 Å². The Labute approximate surface area is 176 Å². The lowest BCUT2D eigenvalue weighted by Gasteiger charge is -2.42. The molecule has 4 rings (SSSR count). The molecule has 3 aliphatic rings. The van der Waals surface area contributed by atoms with Gasteiger partial charge in [0.15, 0.2) is 11.5 Å². The summed E-state index contributed by atoms with van der Waals surface area (Å²) in [5.41, 5.74) is 1.83. The first-order chi connectivity index (χ1) is 14.5. The van der Waals surface area contributed by atoms with Crippen LogP contribution >= 0.6 is 0 Å². The van der Waals surface area contributed by atoms with Crippen LogP contribution in [0.4, 0.5) is 0 Å². The van der Waals surface area contributed by atoms with Crippen LogP contribution in [0, 0.1) is 5.41 Å². The van der Waals surface area contributed by atoms with Crippen molar-refractivity contribution in [2.75, 3.05) is 19.8 Å². The van der Waals surface area contributed by atoms with Crippen molar-refractivity contribution in [1.29, 1.82) is 0 Å². The topological polar surface area (TPSA) is 109 Å².